The zero-order valence-corrected chi connectivity index (χ0v) is 13.5. The van der Waals surface area contributed by atoms with Crippen LogP contribution < -0.4 is 0 Å². The van der Waals surface area contributed by atoms with Crippen LogP contribution in [-0.4, -0.2) is 26.7 Å². The Hall–Kier alpha value is -2.21. The summed E-state index contributed by atoms with van der Waals surface area (Å²) in [4.78, 5) is 16.3. The quantitative estimate of drug-likeness (QED) is 0.806. The lowest BCUT2D eigenvalue weighted by Crippen LogP contribution is -2.07. The Bertz CT molecular complexity index is 800. The highest BCUT2D eigenvalue weighted by Gasteiger charge is 2.17. The zero-order chi connectivity index (χ0) is 16.1. The number of esters is 1. The smallest absolute Gasteiger partial charge is 0.357 e. The lowest BCUT2D eigenvalue weighted by atomic mass is 10.2. The van der Waals surface area contributed by atoms with E-state index in [4.69, 9.17) is 4.74 Å². The van der Waals surface area contributed by atoms with Crippen molar-refractivity contribution in [1.82, 2.24) is 4.98 Å². The first-order valence-electron chi connectivity index (χ1n) is 7.55. The summed E-state index contributed by atoms with van der Waals surface area (Å²) in [7, 11) is -2.19. The van der Waals surface area contributed by atoms with Gasteiger partial charge in [-0.1, -0.05) is 36.4 Å². The van der Waals surface area contributed by atoms with E-state index in [-0.39, 0.29) is 12.3 Å². The number of pyridine rings is 1. The molecule has 0 atom stereocenters. The number of hydrogen-bond donors (Lipinski definition) is 0. The van der Waals surface area contributed by atoms with E-state index in [1.54, 1.807) is 18.2 Å². The molecule has 3 rings (SSSR count). The van der Waals surface area contributed by atoms with E-state index in [0.29, 0.717) is 17.3 Å². The SMILES string of the molecule is O=C(OCc1ccccc1)c1cccc(N=S2(=O)CCCC2)n1. The number of nitrogens with zero attached hydrogens (tertiary/aromatic N) is 2. The molecule has 1 aliphatic heterocycles. The van der Waals surface area contributed by atoms with E-state index in [1.165, 1.54) is 0 Å². The fourth-order valence-corrected chi connectivity index (χ4v) is 4.54. The van der Waals surface area contributed by atoms with Crippen LogP contribution in [0.25, 0.3) is 0 Å². The van der Waals surface area contributed by atoms with Gasteiger partial charge in [0.2, 0.25) is 0 Å². The van der Waals surface area contributed by atoms with Gasteiger partial charge in [0.05, 0.1) is 9.73 Å². The molecule has 1 fully saturated rings. The third-order valence-corrected chi connectivity index (χ3v) is 5.97. The maximum Gasteiger partial charge on any atom is 0.357 e. The van der Waals surface area contributed by atoms with Crippen LogP contribution >= 0.6 is 0 Å². The second-order valence-corrected chi connectivity index (χ2v) is 7.97. The van der Waals surface area contributed by atoms with Crippen molar-refractivity contribution in [3.8, 4) is 0 Å². The van der Waals surface area contributed by atoms with Crippen molar-refractivity contribution in [3.63, 3.8) is 0 Å². The molecular weight excluding hydrogens is 312 g/mol. The minimum Gasteiger partial charge on any atom is -0.456 e. The number of carbonyl (C=O) groups excluding carboxylic acids is 1. The van der Waals surface area contributed by atoms with Crippen molar-refractivity contribution in [2.24, 2.45) is 4.36 Å². The maximum atomic E-state index is 12.4. The molecule has 1 aromatic heterocycles. The molecule has 0 N–H and O–H groups in total. The van der Waals surface area contributed by atoms with Crippen LogP contribution in [0, 0.1) is 0 Å². The second-order valence-electron chi connectivity index (χ2n) is 5.42. The first kappa shape index (κ1) is 15.7. The lowest BCUT2D eigenvalue weighted by molar-refractivity contribution is 0.0466. The van der Waals surface area contributed by atoms with Gasteiger partial charge in [-0.15, -0.1) is 0 Å². The molecule has 0 radical (unpaired) electrons. The Morgan fingerprint density at radius 3 is 2.57 bits per heavy atom. The van der Waals surface area contributed by atoms with Gasteiger partial charge in [0.1, 0.15) is 6.61 Å². The standard InChI is InChI=1S/C17H18N2O3S/c20-17(22-13-14-7-2-1-3-8-14)15-9-6-10-16(18-15)19-23(21)11-4-5-12-23/h1-3,6-10H,4-5,11-13H2. The highest BCUT2D eigenvalue weighted by atomic mass is 32.2. The summed E-state index contributed by atoms with van der Waals surface area (Å²) in [6, 6.07) is 14.4. The molecule has 0 saturated carbocycles. The number of hydrogen-bond acceptors (Lipinski definition) is 5. The second kappa shape index (κ2) is 6.91. The number of ether oxygens (including phenoxy) is 1. The molecule has 2 aromatic rings. The van der Waals surface area contributed by atoms with Crippen molar-refractivity contribution in [1.29, 1.82) is 0 Å². The van der Waals surface area contributed by atoms with Crippen molar-refractivity contribution < 1.29 is 13.7 Å². The van der Waals surface area contributed by atoms with Crippen LogP contribution in [0.5, 0.6) is 0 Å². The van der Waals surface area contributed by atoms with Gasteiger partial charge in [-0.05, 0) is 30.5 Å². The Morgan fingerprint density at radius 1 is 1.09 bits per heavy atom. The molecule has 0 unspecified atom stereocenters. The normalized spacial score (nSPS) is 16.0. The van der Waals surface area contributed by atoms with Crippen LogP contribution in [0.4, 0.5) is 5.82 Å². The van der Waals surface area contributed by atoms with E-state index >= 15 is 0 Å². The Labute approximate surface area is 135 Å². The van der Waals surface area contributed by atoms with Crippen molar-refractivity contribution in [3.05, 3.63) is 59.8 Å². The van der Waals surface area contributed by atoms with E-state index in [0.717, 1.165) is 18.4 Å². The summed E-state index contributed by atoms with van der Waals surface area (Å²) in [5.74, 6) is 1.05. The molecule has 2 heterocycles. The predicted octanol–water partition coefficient (Wildman–Crippen LogP) is 3.33. The van der Waals surface area contributed by atoms with Crippen LogP contribution in [0.2, 0.25) is 0 Å². The van der Waals surface area contributed by atoms with E-state index in [9.17, 15) is 9.00 Å². The summed E-state index contributed by atoms with van der Waals surface area (Å²) >= 11 is 0. The average molecular weight is 330 g/mol. The molecule has 5 nitrogen and oxygen atoms in total. The topological polar surface area (TPSA) is 68.6 Å². The highest BCUT2D eigenvalue weighted by Crippen LogP contribution is 2.19. The minimum atomic E-state index is -2.19. The van der Waals surface area contributed by atoms with Gasteiger partial charge in [0, 0.05) is 11.5 Å². The lowest BCUT2D eigenvalue weighted by Gasteiger charge is -2.05. The van der Waals surface area contributed by atoms with Crippen molar-refractivity contribution >= 4 is 21.5 Å². The highest BCUT2D eigenvalue weighted by molar-refractivity contribution is 7.93. The van der Waals surface area contributed by atoms with Gasteiger partial charge in [0.15, 0.2) is 11.5 Å². The van der Waals surface area contributed by atoms with Crippen LogP contribution in [0.3, 0.4) is 0 Å². The number of carbonyl (C=O) groups is 1. The average Bonchev–Trinajstić information content (AvgIpc) is 3.00. The molecule has 6 heteroatoms. The minimum absolute atomic E-state index is 0.183. The fraction of sp³-hybridized carbons (Fsp3) is 0.294. The maximum absolute atomic E-state index is 12.4. The van der Waals surface area contributed by atoms with Crippen molar-refractivity contribution in [2.75, 3.05) is 11.5 Å². The number of aromatic nitrogens is 1. The largest absolute Gasteiger partial charge is 0.456 e. The first-order chi connectivity index (χ1) is 11.1. The molecule has 23 heavy (non-hydrogen) atoms. The molecule has 0 spiro atoms. The van der Waals surface area contributed by atoms with Crippen LogP contribution in [-0.2, 0) is 21.1 Å². The summed E-state index contributed by atoms with van der Waals surface area (Å²) in [5.41, 5.74) is 1.10. The summed E-state index contributed by atoms with van der Waals surface area (Å²) in [6.07, 6.45) is 1.86. The van der Waals surface area contributed by atoms with Gasteiger partial charge >= 0.3 is 5.97 Å². The molecule has 1 aliphatic rings. The third-order valence-electron chi connectivity index (χ3n) is 3.59. The Balaban J connectivity index is 1.72. The van der Waals surface area contributed by atoms with Crippen molar-refractivity contribution in [2.45, 2.75) is 19.4 Å². The molecule has 0 aliphatic carbocycles. The summed E-state index contributed by atoms with van der Waals surface area (Å²) < 4.78 is 21.9. The molecule has 1 aromatic carbocycles. The third kappa shape index (κ3) is 4.16. The molecule has 120 valence electrons. The number of benzene rings is 1. The van der Waals surface area contributed by atoms with Crippen LogP contribution in [0.15, 0.2) is 52.9 Å². The van der Waals surface area contributed by atoms with Crippen LogP contribution in [0.1, 0.15) is 28.9 Å². The molecule has 0 bridgehead atoms. The van der Waals surface area contributed by atoms with Gasteiger partial charge in [-0.2, -0.15) is 4.36 Å². The zero-order valence-electron chi connectivity index (χ0n) is 12.7. The Kier molecular flexibility index (Phi) is 4.71. The van der Waals surface area contributed by atoms with E-state index in [2.05, 4.69) is 9.35 Å². The van der Waals surface area contributed by atoms with Gasteiger partial charge in [-0.25, -0.2) is 14.0 Å². The van der Waals surface area contributed by atoms with Gasteiger partial charge in [-0.3, -0.25) is 0 Å². The van der Waals surface area contributed by atoms with E-state index in [1.807, 2.05) is 30.3 Å². The van der Waals surface area contributed by atoms with Gasteiger partial charge in [0.25, 0.3) is 0 Å². The first-order valence-corrected chi connectivity index (χ1v) is 9.41. The predicted molar refractivity (Wildman–Crippen MR) is 89.0 cm³/mol. The monoisotopic (exact) mass is 330 g/mol. The summed E-state index contributed by atoms with van der Waals surface area (Å²) in [6.45, 7) is 0.194. The number of rotatable bonds is 4. The molecule has 0 amide bonds. The van der Waals surface area contributed by atoms with E-state index < -0.39 is 15.7 Å². The fourth-order valence-electron chi connectivity index (χ4n) is 2.40. The Morgan fingerprint density at radius 2 is 1.83 bits per heavy atom. The molecule has 1 saturated heterocycles. The van der Waals surface area contributed by atoms with Gasteiger partial charge < -0.3 is 4.74 Å². The molecular formula is C17H18N2O3S. The summed E-state index contributed by atoms with van der Waals surface area (Å²) in [5, 5.41) is 0.